The summed E-state index contributed by atoms with van der Waals surface area (Å²) in [6.07, 6.45) is 0. The number of nitrogens with zero attached hydrogens (tertiary/aromatic N) is 1. The van der Waals surface area contributed by atoms with E-state index < -0.39 is 15.9 Å². The highest BCUT2D eigenvalue weighted by atomic mass is 32.2. The second kappa shape index (κ2) is 9.72. The highest BCUT2D eigenvalue weighted by molar-refractivity contribution is 7.99. The van der Waals surface area contributed by atoms with Crippen molar-refractivity contribution in [3.63, 3.8) is 0 Å². The molecule has 28 heavy (non-hydrogen) atoms. The molecule has 7 nitrogen and oxygen atoms in total. The molecule has 0 spiro atoms. The normalized spacial score (nSPS) is 12.4. The van der Waals surface area contributed by atoms with Gasteiger partial charge in [0.2, 0.25) is 10.0 Å². The summed E-state index contributed by atoms with van der Waals surface area (Å²) in [4.78, 5) is 24.4. The number of carbonyl (C=O) groups is 2. The third kappa shape index (κ3) is 5.82. The minimum atomic E-state index is -3.65. The van der Waals surface area contributed by atoms with Crippen LogP contribution in [0.15, 0.2) is 59.5 Å². The van der Waals surface area contributed by atoms with E-state index in [-0.39, 0.29) is 21.6 Å². The Morgan fingerprint density at radius 2 is 1.71 bits per heavy atom. The standard InChI is InChI=1S/C19H23N3O4S2/c1-14(27-13-15-8-5-4-6-9-15)18(23)20-21-19(24)16-10-7-11-17(12-16)28(25,26)22(2)3/h4-12,14H,13H2,1-3H3,(H,20,23)(H,21,24). The first-order valence-corrected chi connectivity index (χ1v) is 11.0. The van der Waals surface area contributed by atoms with E-state index in [4.69, 9.17) is 0 Å². The van der Waals surface area contributed by atoms with Gasteiger partial charge in [-0.15, -0.1) is 11.8 Å². The lowest BCUT2D eigenvalue weighted by Crippen LogP contribution is -2.45. The fraction of sp³-hybridized carbons (Fsp3) is 0.263. The predicted molar refractivity (Wildman–Crippen MR) is 110 cm³/mol. The van der Waals surface area contributed by atoms with Gasteiger partial charge in [0.25, 0.3) is 11.8 Å². The average Bonchev–Trinajstić information content (AvgIpc) is 2.70. The quantitative estimate of drug-likeness (QED) is 0.667. The van der Waals surface area contributed by atoms with Crippen LogP contribution in [-0.4, -0.2) is 43.9 Å². The number of rotatable bonds is 7. The summed E-state index contributed by atoms with van der Waals surface area (Å²) in [5.41, 5.74) is 5.94. The van der Waals surface area contributed by atoms with Crippen LogP contribution in [0.25, 0.3) is 0 Å². The minimum Gasteiger partial charge on any atom is -0.272 e. The lowest BCUT2D eigenvalue weighted by atomic mass is 10.2. The van der Waals surface area contributed by atoms with Crippen LogP contribution < -0.4 is 10.9 Å². The third-order valence-electron chi connectivity index (χ3n) is 3.89. The van der Waals surface area contributed by atoms with Crippen molar-refractivity contribution in [2.75, 3.05) is 14.1 Å². The second-order valence-corrected chi connectivity index (χ2v) is 9.68. The lowest BCUT2D eigenvalue weighted by Gasteiger charge is -2.14. The summed E-state index contributed by atoms with van der Waals surface area (Å²) in [6.45, 7) is 1.75. The maximum Gasteiger partial charge on any atom is 0.269 e. The van der Waals surface area contributed by atoms with Crippen LogP contribution in [0, 0.1) is 0 Å². The molecule has 0 bridgehead atoms. The molecule has 2 aromatic rings. The highest BCUT2D eigenvalue weighted by Gasteiger charge is 2.19. The van der Waals surface area contributed by atoms with Crippen molar-refractivity contribution in [1.82, 2.24) is 15.2 Å². The summed E-state index contributed by atoms with van der Waals surface area (Å²) in [7, 11) is -0.822. The Kier molecular flexibility index (Phi) is 7.61. The molecule has 0 aliphatic heterocycles. The largest absolute Gasteiger partial charge is 0.272 e. The van der Waals surface area contributed by atoms with E-state index in [2.05, 4.69) is 10.9 Å². The number of hydrogen-bond acceptors (Lipinski definition) is 5. The van der Waals surface area contributed by atoms with Gasteiger partial charge in [0.1, 0.15) is 0 Å². The zero-order valence-electron chi connectivity index (χ0n) is 15.9. The van der Waals surface area contributed by atoms with Gasteiger partial charge in [0.05, 0.1) is 10.1 Å². The Hall–Kier alpha value is -2.36. The molecule has 1 atom stereocenters. The van der Waals surface area contributed by atoms with Crippen molar-refractivity contribution in [2.24, 2.45) is 0 Å². The van der Waals surface area contributed by atoms with Gasteiger partial charge in [-0.3, -0.25) is 20.4 Å². The van der Waals surface area contributed by atoms with Crippen LogP contribution in [0.4, 0.5) is 0 Å². The van der Waals surface area contributed by atoms with Crippen molar-refractivity contribution >= 4 is 33.6 Å². The van der Waals surface area contributed by atoms with Crippen molar-refractivity contribution in [3.05, 3.63) is 65.7 Å². The number of benzene rings is 2. The van der Waals surface area contributed by atoms with Crippen molar-refractivity contribution in [3.8, 4) is 0 Å². The van der Waals surface area contributed by atoms with Crippen LogP contribution >= 0.6 is 11.8 Å². The number of thioether (sulfide) groups is 1. The predicted octanol–water partition coefficient (Wildman–Crippen LogP) is 2.02. The monoisotopic (exact) mass is 421 g/mol. The summed E-state index contributed by atoms with van der Waals surface area (Å²) in [6, 6.07) is 15.4. The van der Waals surface area contributed by atoms with Crippen LogP contribution in [0.3, 0.4) is 0 Å². The Morgan fingerprint density at radius 3 is 2.36 bits per heavy atom. The maximum atomic E-state index is 12.3. The molecule has 0 aliphatic rings. The number of hydrogen-bond donors (Lipinski definition) is 2. The zero-order chi connectivity index (χ0) is 20.7. The number of amides is 2. The van der Waals surface area contributed by atoms with Crippen molar-refractivity contribution < 1.29 is 18.0 Å². The second-order valence-electron chi connectivity index (χ2n) is 6.20. The van der Waals surface area contributed by atoms with Crippen molar-refractivity contribution in [2.45, 2.75) is 22.8 Å². The Bertz CT molecular complexity index is 931. The van der Waals surface area contributed by atoms with E-state index in [0.717, 1.165) is 9.87 Å². The third-order valence-corrected chi connectivity index (χ3v) is 6.91. The lowest BCUT2D eigenvalue weighted by molar-refractivity contribution is -0.121. The molecule has 0 heterocycles. The van der Waals surface area contributed by atoms with E-state index in [1.54, 1.807) is 6.92 Å². The van der Waals surface area contributed by atoms with Crippen molar-refractivity contribution in [1.29, 1.82) is 0 Å². The van der Waals surface area contributed by atoms with Crippen LogP contribution in [0.2, 0.25) is 0 Å². The van der Waals surface area contributed by atoms with Crippen LogP contribution in [0.5, 0.6) is 0 Å². The van der Waals surface area contributed by atoms with E-state index >= 15 is 0 Å². The Labute approximate surface area is 169 Å². The van der Waals surface area contributed by atoms with Crippen LogP contribution in [0.1, 0.15) is 22.8 Å². The van der Waals surface area contributed by atoms with E-state index in [0.29, 0.717) is 5.75 Å². The first-order valence-electron chi connectivity index (χ1n) is 8.50. The number of hydrazine groups is 1. The van der Waals surface area contributed by atoms with Gasteiger partial charge in [-0.05, 0) is 30.7 Å². The molecule has 9 heteroatoms. The zero-order valence-corrected chi connectivity index (χ0v) is 17.5. The molecule has 0 fully saturated rings. The summed E-state index contributed by atoms with van der Waals surface area (Å²) >= 11 is 1.45. The number of nitrogens with one attached hydrogen (secondary N) is 2. The molecule has 2 aromatic carbocycles. The molecule has 0 aromatic heterocycles. The number of carbonyl (C=O) groups excluding carboxylic acids is 2. The minimum absolute atomic E-state index is 0.00302. The Balaban J connectivity index is 1.92. The molecular weight excluding hydrogens is 398 g/mol. The molecule has 0 radical (unpaired) electrons. The summed E-state index contributed by atoms with van der Waals surface area (Å²) < 4.78 is 25.4. The SMILES string of the molecule is CC(SCc1ccccc1)C(=O)NNC(=O)c1cccc(S(=O)(=O)N(C)C)c1. The first kappa shape index (κ1) is 21.9. The van der Waals surface area contributed by atoms with Gasteiger partial charge in [-0.25, -0.2) is 12.7 Å². The first-order chi connectivity index (χ1) is 13.2. The van der Waals surface area contributed by atoms with Gasteiger partial charge in [0, 0.05) is 25.4 Å². The molecular formula is C19H23N3O4S2. The maximum absolute atomic E-state index is 12.3. The average molecular weight is 422 g/mol. The molecule has 150 valence electrons. The molecule has 0 saturated heterocycles. The van der Waals surface area contributed by atoms with Gasteiger partial charge in [-0.2, -0.15) is 0 Å². The van der Waals surface area contributed by atoms with Crippen LogP contribution in [-0.2, 0) is 20.6 Å². The molecule has 2 rings (SSSR count). The molecule has 2 amide bonds. The Morgan fingerprint density at radius 1 is 1.04 bits per heavy atom. The molecule has 0 saturated carbocycles. The van der Waals surface area contributed by atoms with Gasteiger partial charge < -0.3 is 0 Å². The van der Waals surface area contributed by atoms with E-state index in [1.165, 1.54) is 50.1 Å². The summed E-state index contributed by atoms with van der Waals surface area (Å²) in [5.74, 6) is -0.260. The highest BCUT2D eigenvalue weighted by Crippen LogP contribution is 2.17. The fourth-order valence-corrected chi connectivity index (χ4v) is 3.97. The van der Waals surface area contributed by atoms with Gasteiger partial charge in [-0.1, -0.05) is 36.4 Å². The summed E-state index contributed by atoms with van der Waals surface area (Å²) in [5, 5.41) is -0.374. The van der Waals surface area contributed by atoms with E-state index in [1.807, 2.05) is 30.3 Å². The number of sulfonamides is 1. The fourth-order valence-electron chi connectivity index (χ4n) is 2.17. The molecule has 0 aliphatic carbocycles. The molecule has 2 N–H and O–H groups in total. The molecule has 1 unspecified atom stereocenters. The van der Waals surface area contributed by atoms with Gasteiger partial charge in [0.15, 0.2) is 0 Å². The smallest absolute Gasteiger partial charge is 0.269 e. The van der Waals surface area contributed by atoms with E-state index in [9.17, 15) is 18.0 Å². The topological polar surface area (TPSA) is 95.6 Å². The van der Waals surface area contributed by atoms with Gasteiger partial charge >= 0.3 is 0 Å².